The maximum atomic E-state index is 13.2. The van der Waals surface area contributed by atoms with Crippen LogP contribution in [0.25, 0.3) is 0 Å². The number of aliphatic hydroxyl groups is 2. The molecule has 0 aliphatic carbocycles. The summed E-state index contributed by atoms with van der Waals surface area (Å²) in [4.78, 5) is 51.3. The molecule has 0 bridgehead atoms. The van der Waals surface area contributed by atoms with Crippen LogP contribution in [0, 0.1) is 0 Å². The number of ether oxygens (including phenoxy) is 5. The molecular formula is C69H114O12. The van der Waals surface area contributed by atoms with Crippen molar-refractivity contribution in [3.8, 4) is 0 Å². The van der Waals surface area contributed by atoms with Crippen LogP contribution in [0.1, 0.15) is 265 Å². The molecule has 0 spiro atoms. The third kappa shape index (κ3) is 45.8. The lowest BCUT2D eigenvalue weighted by Gasteiger charge is -2.40. The molecule has 1 aliphatic rings. The van der Waals surface area contributed by atoms with Gasteiger partial charge in [-0.15, -0.1) is 0 Å². The molecule has 1 heterocycles. The van der Waals surface area contributed by atoms with Gasteiger partial charge in [0, 0.05) is 19.3 Å². The van der Waals surface area contributed by atoms with E-state index >= 15 is 0 Å². The molecule has 0 amide bonds. The Morgan fingerprint density at radius 2 is 0.802 bits per heavy atom. The highest BCUT2D eigenvalue weighted by atomic mass is 16.7. The number of hydrogen-bond donors (Lipinski definition) is 3. The van der Waals surface area contributed by atoms with E-state index in [-0.39, 0.29) is 25.9 Å². The summed E-state index contributed by atoms with van der Waals surface area (Å²) in [6.07, 6.45) is 62.3. The molecule has 1 aliphatic heterocycles. The number of carboxylic acids is 1. The van der Waals surface area contributed by atoms with Crippen molar-refractivity contribution >= 4 is 23.9 Å². The van der Waals surface area contributed by atoms with Gasteiger partial charge in [-0.25, -0.2) is 4.79 Å². The first kappa shape index (κ1) is 74.7. The number of carboxylic acid groups (broad SMARTS) is 1. The van der Waals surface area contributed by atoms with Crippen LogP contribution < -0.4 is 0 Å². The average Bonchev–Trinajstić information content (AvgIpc) is 3.54. The highest BCUT2D eigenvalue weighted by Crippen LogP contribution is 2.26. The van der Waals surface area contributed by atoms with Gasteiger partial charge in [0.15, 0.2) is 24.6 Å². The fraction of sp³-hybridized carbons (Fsp3) is 0.710. The Balaban J connectivity index is 2.71. The minimum Gasteiger partial charge on any atom is -0.479 e. The lowest BCUT2D eigenvalue weighted by molar-refractivity contribution is -0.301. The number of aliphatic hydroxyl groups excluding tert-OH is 2. The molecule has 12 nitrogen and oxygen atoms in total. The number of carbonyl (C=O) groups is 4. The van der Waals surface area contributed by atoms with Crippen molar-refractivity contribution in [2.75, 3.05) is 13.2 Å². The summed E-state index contributed by atoms with van der Waals surface area (Å²) in [6.45, 7) is 5.84. The van der Waals surface area contributed by atoms with Crippen LogP contribution in [0.2, 0.25) is 0 Å². The van der Waals surface area contributed by atoms with Crippen LogP contribution in [0.3, 0.4) is 0 Å². The van der Waals surface area contributed by atoms with Crippen LogP contribution in [-0.2, 0) is 42.9 Å². The molecule has 6 unspecified atom stereocenters. The summed E-state index contributed by atoms with van der Waals surface area (Å²) < 4.78 is 28.4. The molecule has 81 heavy (non-hydrogen) atoms. The quantitative estimate of drug-likeness (QED) is 0.0228. The largest absolute Gasteiger partial charge is 0.479 e. The van der Waals surface area contributed by atoms with Crippen molar-refractivity contribution < 1.29 is 58.2 Å². The van der Waals surface area contributed by atoms with Crippen LogP contribution in [-0.4, -0.2) is 89.2 Å². The summed E-state index contributed by atoms with van der Waals surface area (Å²) in [7, 11) is 0. The Labute approximate surface area is 492 Å². The van der Waals surface area contributed by atoms with Gasteiger partial charge in [0.2, 0.25) is 0 Å². The van der Waals surface area contributed by atoms with E-state index < -0.39 is 67.3 Å². The third-order valence-electron chi connectivity index (χ3n) is 14.2. The van der Waals surface area contributed by atoms with E-state index in [0.29, 0.717) is 25.7 Å². The van der Waals surface area contributed by atoms with Gasteiger partial charge < -0.3 is 39.0 Å². The molecule has 0 aromatic heterocycles. The molecule has 3 N–H and O–H groups in total. The first-order valence-electron chi connectivity index (χ1n) is 32.2. The number of rotatable bonds is 54. The summed E-state index contributed by atoms with van der Waals surface area (Å²) in [5.74, 6) is -3.24. The third-order valence-corrected chi connectivity index (χ3v) is 14.2. The number of esters is 3. The second-order valence-electron chi connectivity index (χ2n) is 21.7. The maximum absolute atomic E-state index is 13.2. The molecular weight excluding hydrogens is 1020 g/mol. The molecule has 462 valence electrons. The van der Waals surface area contributed by atoms with Gasteiger partial charge >= 0.3 is 23.9 Å². The molecule has 0 saturated carbocycles. The van der Waals surface area contributed by atoms with E-state index in [0.717, 1.165) is 96.3 Å². The Morgan fingerprint density at radius 1 is 0.420 bits per heavy atom. The van der Waals surface area contributed by atoms with Gasteiger partial charge in [-0.1, -0.05) is 253 Å². The highest BCUT2D eigenvalue weighted by Gasteiger charge is 2.50. The maximum Gasteiger partial charge on any atom is 0.335 e. The molecule has 1 fully saturated rings. The Kier molecular flexibility index (Phi) is 51.7. The minimum atomic E-state index is -1.93. The second-order valence-corrected chi connectivity index (χ2v) is 21.7. The SMILES string of the molecule is CC/C=C\C/C=C\C/C=C\C/C=C\C/C=C\C/C=C\CCC(=O)OC1C(OCC(COC(=O)CCCCCCCCCCCCCCCCCCC)OC(=O)CCCCCCC/C=C\C/C=C\CCCCC)OC(C(=O)O)C(O)C1O. The Bertz CT molecular complexity index is 1780. The lowest BCUT2D eigenvalue weighted by Crippen LogP contribution is -2.61. The number of unbranched alkanes of at least 4 members (excludes halogenated alkanes) is 24. The zero-order valence-electron chi connectivity index (χ0n) is 51.0. The van der Waals surface area contributed by atoms with Gasteiger partial charge in [0.05, 0.1) is 6.61 Å². The normalized spacial score (nSPS) is 18.4. The van der Waals surface area contributed by atoms with E-state index in [9.17, 15) is 34.5 Å². The summed E-state index contributed by atoms with van der Waals surface area (Å²) in [5.41, 5.74) is 0. The van der Waals surface area contributed by atoms with E-state index in [2.05, 4.69) is 99.8 Å². The molecule has 0 aromatic carbocycles. The van der Waals surface area contributed by atoms with E-state index in [1.54, 1.807) is 0 Å². The zero-order chi connectivity index (χ0) is 58.9. The van der Waals surface area contributed by atoms with Gasteiger partial charge in [-0.3, -0.25) is 14.4 Å². The molecule has 12 heteroatoms. The van der Waals surface area contributed by atoms with E-state index in [4.69, 9.17) is 23.7 Å². The molecule has 0 radical (unpaired) electrons. The first-order valence-corrected chi connectivity index (χ1v) is 32.2. The molecule has 6 atom stereocenters. The smallest absolute Gasteiger partial charge is 0.335 e. The minimum absolute atomic E-state index is 0.0691. The summed E-state index contributed by atoms with van der Waals surface area (Å²) in [5, 5.41) is 31.5. The van der Waals surface area contributed by atoms with Crippen molar-refractivity contribution in [1.29, 1.82) is 0 Å². The lowest BCUT2D eigenvalue weighted by atomic mass is 9.98. The van der Waals surface area contributed by atoms with Crippen LogP contribution >= 0.6 is 0 Å². The van der Waals surface area contributed by atoms with E-state index in [1.165, 1.54) is 103 Å². The zero-order valence-corrected chi connectivity index (χ0v) is 51.0. The summed E-state index contributed by atoms with van der Waals surface area (Å²) >= 11 is 0. The number of aliphatic carboxylic acids is 1. The van der Waals surface area contributed by atoms with Gasteiger partial charge in [0.25, 0.3) is 0 Å². The van der Waals surface area contributed by atoms with Crippen LogP contribution in [0.4, 0.5) is 0 Å². The predicted molar refractivity (Wildman–Crippen MR) is 331 cm³/mol. The topological polar surface area (TPSA) is 175 Å². The van der Waals surface area contributed by atoms with Crippen molar-refractivity contribution in [1.82, 2.24) is 0 Å². The monoisotopic (exact) mass is 1130 g/mol. The predicted octanol–water partition coefficient (Wildman–Crippen LogP) is 17.2. The number of carbonyl (C=O) groups excluding carboxylic acids is 3. The Hall–Kier alpha value is -4.36. The molecule has 1 rings (SSSR count). The van der Waals surface area contributed by atoms with Crippen molar-refractivity contribution in [2.45, 2.75) is 302 Å². The second kappa shape index (κ2) is 56.1. The fourth-order valence-corrected chi connectivity index (χ4v) is 9.25. The molecule has 1 saturated heterocycles. The van der Waals surface area contributed by atoms with E-state index in [1.807, 2.05) is 18.2 Å². The fourth-order valence-electron chi connectivity index (χ4n) is 9.25. The summed E-state index contributed by atoms with van der Waals surface area (Å²) in [6, 6.07) is 0. The standard InChI is InChI=1S/C69H114O12/c1-4-7-10-13-16-19-22-25-28-30-31-33-36-39-42-45-48-51-54-57-63(72)80-67-65(74)64(73)66(68(75)76)81-69(67)78-59-60(79-62(71)56-53-50-47-44-41-38-34-27-24-21-18-15-12-9-6-3)58-77-61(70)55-52-49-46-43-40-37-35-32-29-26-23-20-17-14-11-8-5-2/h7,10,16,18-19,21,25,27-28,31,33-34,39,42,48,51,60,64-67,69,73-74H,4-6,8-9,11-15,17,20,22-24,26,29-30,32,35-38,40-41,43-47,49-50,52-59H2,1-3H3,(H,75,76)/b10-7-,19-16-,21-18-,28-25-,33-31-,34-27-,42-39-,51-48-. The molecule has 0 aromatic rings. The van der Waals surface area contributed by atoms with Gasteiger partial charge in [-0.2, -0.15) is 0 Å². The average molecular weight is 1140 g/mol. The van der Waals surface area contributed by atoms with Crippen molar-refractivity contribution in [2.24, 2.45) is 0 Å². The van der Waals surface area contributed by atoms with Gasteiger partial charge in [-0.05, 0) is 89.9 Å². The number of hydrogen-bond acceptors (Lipinski definition) is 11. The van der Waals surface area contributed by atoms with Gasteiger partial charge in [0.1, 0.15) is 18.8 Å². The first-order chi connectivity index (χ1) is 39.6. The van der Waals surface area contributed by atoms with Crippen LogP contribution in [0.15, 0.2) is 97.2 Å². The highest BCUT2D eigenvalue weighted by molar-refractivity contribution is 5.74. The Morgan fingerprint density at radius 3 is 1.26 bits per heavy atom. The van der Waals surface area contributed by atoms with Crippen molar-refractivity contribution in [3.63, 3.8) is 0 Å². The van der Waals surface area contributed by atoms with Crippen LogP contribution in [0.5, 0.6) is 0 Å². The number of allylic oxidation sites excluding steroid dienone is 16. The van der Waals surface area contributed by atoms with Crippen molar-refractivity contribution in [3.05, 3.63) is 97.2 Å².